The fourth-order valence-electron chi connectivity index (χ4n) is 2.62. The summed E-state index contributed by atoms with van der Waals surface area (Å²) in [7, 11) is 0. The summed E-state index contributed by atoms with van der Waals surface area (Å²) in [5.74, 6) is -0.635. The number of nitrogens with zero attached hydrogens (tertiary/aromatic N) is 3. The maximum absolute atomic E-state index is 12.2. The quantitative estimate of drug-likeness (QED) is 0.452. The molecule has 2 aromatic heterocycles. The van der Waals surface area contributed by atoms with Gasteiger partial charge in [0.1, 0.15) is 5.02 Å². The van der Waals surface area contributed by atoms with Gasteiger partial charge in [0, 0.05) is 23.0 Å². The van der Waals surface area contributed by atoms with Gasteiger partial charge in [0.2, 0.25) is 0 Å². The van der Waals surface area contributed by atoms with E-state index in [2.05, 4.69) is 33.9 Å². The topological polar surface area (TPSA) is 85.3 Å². The van der Waals surface area contributed by atoms with Crippen LogP contribution in [-0.4, -0.2) is 21.7 Å². The van der Waals surface area contributed by atoms with E-state index in [1.807, 2.05) is 19.9 Å². The minimum Gasteiger partial charge on any atom is -0.396 e. The molecule has 9 heteroatoms. The molecule has 0 atom stereocenters. The third-order valence-electron chi connectivity index (χ3n) is 3.70. The molecule has 6 nitrogen and oxygen atoms in total. The molecular formula is C16H18Cl3N5O. The molecule has 134 valence electrons. The van der Waals surface area contributed by atoms with Gasteiger partial charge in [-0.05, 0) is 33.8 Å². The number of nitrogens with two attached hydrogens (primary N) is 1. The van der Waals surface area contributed by atoms with E-state index in [1.165, 1.54) is 0 Å². The smallest absolute Gasteiger partial charge is 0.291 e. The third-order valence-corrected chi connectivity index (χ3v) is 4.83. The highest BCUT2D eigenvalue weighted by molar-refractivity contribution is 6.46. The number of carbonyl (C=O) groups excluding carboxylic acids is 1. The summed E-state index contributed by atoms with van der Waals surface area (Å²) in [5.41, 5.74) is 11.0. The number of aryl methyl sites for hydroxylation is 1. The van der Waals surface area contributed by atoms with Crippen LogP contribution in [0.15, 0.2) is 11.2 Å². The first kappa shape index (κ1) is 19.6. The molecule has 0 fully saturated rings. The van der Waals surface area contributed by atoms with Gasteiger partial charge >= 0.3 is 0 Å². The maximum Gasteiger partial charge on any atom is 0.291 e. The Balaban J connectivity index is 2.21. The van der Waals surface area contributed by atoms with Crippen molar-refractivity contribution < 1.29 is 4.79 Å². The van der Waals surface area contributed by atoms with Crippen LogP contribution < -0.4 is 11.2 Å². The number of carbonyl (C=O) groups is 1. The molecule has 0 saturated heterocycles. The lowest BCUT2D eigenvalue weighted by Crippen LogP contribution is -2.20. The largest absolute Gasteiger partial charge is 0.396 e. The summed E-state index contributed by atoms with van der Waals surface area (Å²) in [6, 6.07) is 2.33. The molecule has 0 radical (unpaired) electrons. The second kappa shape index (κ2) is 7.64. The number of hydrazone groups is 1. The average molecular weight is 403 g/mol. The van der Waals surface area contributed by atoms with Crippen LogP contribution >= 0.6 is 34.8 Å². The zero-order chi connectivity index (χ0) is 18.9. The van der Waals surface area contributed by atoms with Crippen molar-refractivity contribution in [3.63, 3.8) is 0 Å². The number of hydrogen-bond donors (Lipinski definition) is 2. The second-order valence-corrected chi connectivity index (χ2v) is 6.90. The minimum atomic E-state index is -0.635. The first-order valence-electron chi connectivity index (χ1n) is 7.46. The van der Waals surface area contributed by atoms with E-state index in [0.717, 1.165) is 17.0 Å². The molecule has 25 heavy (non-hydrogen) atoms. The van der Waals surface area contributed by atoms with Crippen LogP contribution in [0.25, 0.3) is 0 Å². The van der Waals surface area contributed by atoms with E-state index in [9.17, 15) is 4.79 Å². The number of anilines is 1. The summed E-state index contributed by atoms with van der Waals surface area (Å²) >= 11 is 17.7. The Morgan fingerprint density at radius 1 is 1.32 bits per heavy atom. The van der Waals surface area contributed by atoms with Gasteiger partial charge in [-0.2, -0.15) is 5.10 Å². The number of rotatable bonds is 4. The Hall–Kier alpha value is -1.76. The number of amides is 1. The van der Waals surface area contributed by atoms with Gasteiger partial charge in [0.15, 0.2) is 10.8 Å². The van der Waals surface area contributed by atoms with Gasteiger partial charge < -0.3 is 10.3 Å². The zero-order valence-corrected chi connectivity index (χ0v) is 16.5. The second-order valence-electron chi connectivity index (χ2n) is 5.78. The lowest BCUT2D eigenvalue weighted by molar-refractivity contribution is 0.0950. The summed E-state index contributed by atoms with van der Waals surface area (Å²) in [6.07, 6.45) is 1.56. The lowest BCUT2D eigenvalue weighted by Gasteiger charge is -2.13. The van der Waals surface area contributed by atoms with Gasteiger partial charge in [-0.3, -0.25) is 4.79 Å². The number of halogens is 3. The van der Waals surface area contributed by atoms with Gasteiger partial charge in [0.25, 0.3) is 5.91 Å². The zero-order valence-electron chi connectivity index (χ0n) is 14.2. The number of nitrogens with one attached hydrogen (secondary N) is 1. The van der Waals surface area contributed by atoms with Crippen molar-refractivity contribution in [2.75, 3.05) is 5.73 Å². The van der Waals surface area contributed by atoms with Crippen molar-refractivity contribution in [3.8, 4) is 0 Å². The van der Waals surface area contributed by atoms with Crippen LogP contribution in [0.4, 0.5) is 5.69 Å². The molecule has 2 rings (SSSR count). The Bertz CT molecular complexity index is 858. The molecule has 0 aliphatic heterocycles. The van der Waals surface area contributed by atoms with Crippen molar-refractivity contribution in [2.24, 2.45) is 5.10 Å². The SMILES string of the molecule is Cc1cc(/C=N/NC(=O)c2nc(Cl)c(Cl)c(N)c2Cl)c(C)n1C(C)C. The van der Waals surface area contributed by atoms with E-state index in [4.69, 9.17) is 40.5 Å². The average Bonchev–Trinajstić information content (AvgIpc) is 2.82. The molecule has 0 unspecified atom stereocenters. The summed E-state index contributed by atoms with van der Waals surface area (Å²) in [5, 5.41) is 3.80. The highest BCUT2D eigenvalue weighted by Crippen LogP contribution is 2.34. The van der Waals surface area contributed by atoms with E-state index < -0.39 is 5.91 Å². The van der Waals surface area contributed by atoms with Crippen LogP contribution in [0.2, 0.25) is 15.2 Å². The van der Waals surface area contributed by atoms with E-state index in [1.54, 1.807) is 6.21 Å². The van der Waals surface area contributed by atoms with Crippen LogP contribution in [0, 0.1) is 13.8 Å². The molecule has 2 aromatic rings. The fraction of sp³-hybridized carbons (Fsp3) is 0.312. The standard InChI is InChI=1S/C16H18Cl3N5O/c1-7(2)24-8(3)5-10(9(24)4)6-21-23-16(25)14-11(17)13(20)12(18)15(19)22-14/h5-7H,1-4H3,(H2,20,22)(H,23,25)/b21-6+. The van der Waals surface area contributed by atoms with Crippen molar-refractivity contribution >= 4 is 52.6 Å². The number of hydrogen-bond acceptors (Lipinski definition) is 4. The van der Waals surface area contributed by atoms with Gasteiger partial charge in [-0.1, -0.05) is 34.8 Å². The summed E-state index contributed by atoms with van der Waals surface area (Å²) in [6.45, 7) is 8.22. The molecule has 2 heterocycles. The Kier molecular flexibility index (Phi) is 5.98. The molecule has 0 saturated carbocycles. The van der Waals surface area contributed by atoms with Gasteiger partial charge in [-0.25, -0.2) is 10.4 Å². The predicted octanol–water partition coefficient (Wildman–Crippen LogP) is 4.39. The van der Waals surface area contributed by atoms with Crippen molar-refractivity contribution in [1.82, 2.24) is 15.0 Å². The van der Waals surface area contributed by atoms with Gasteiger partial charge in [0.05, 0.1) is 16.9 Å². The molecular weight excluding hydrogens is 385 g/mol. The van der Waals surface area contributed by atoms with Crippen LogP contribution in [0.5, 0.6) is 0 Å². The Morgan fingerprint density at radius 2 is 1.96 bits per heavy atom. The monoisotopic (exact) mass is 401 g/mol. The fourth-order valence-corrected chi connectivity index (χ4v) is 3.22. The predicted molar refractivity (Wildman–Crippen MR) is 103 cm³/mol. The summed E-state index contributed by atoms with van der Waals surface area (Å²) < 4.78 is 2.18. The first-order chi connectivity index (χ1) is 11.6. The molecule has 1 amide bonds. The molecule has 0 aliphatic carbocycles. The van der Waals surface area contributed by atoms with E-state index >= 15 is 0 Å². The lowest BCUT2D eigenvalue weighted by atomic mass is 10.2. The molecule has 0 aromatic carbocycles. The van der Waals surface area contributed by atoms with Gasteiger partial charge in [-0.15, -0.1) is 0 Å². The molecule has 0 aliphatic rings. The summed E-state index contributed by atoms with van der Waals surface area (Å²) in [4.78, 5) is 16.1. The van der Waals surface area contributed by atoms with Crippen molar-refractivity contribution in [2.45, 2.75) is 33.7 Å². The molecule has 0 spiro atoms. The normalized spacial score (nSPS) is 11.5. The number of nitrogen functional groups attached to an aromatic ring is 1. The Labute approximate surface area is 161 Å². The van der Waals surface area contributed by atoms with E-state index in [0.29, 0.717) is 6.04 Å². The number of pyridine rings is 1. The Morgan fingerprint density at radius 3 is 2.52 bits per heavy atom. The first-order valence-corrected chi connectivity index (χ1v) is 8.60. The van der Waals surface area contributed by atoms with E-state index in [-0.39, 0.29) is 26.6 Å². The van der Waals surface area contributed by atoms with Crippen LogP contribution in [0.3, 0.4) is 0 Å². The molecule has 3 N–H and O–H groups in total. The van der Waals surface area contributed by atoms with Crippen molar-refractivity contribution in [3.05, 3.63) is 43.9 Å². The number of aromatic nitrogens is 2. The third kappa shape index (κ3) is 3.92. The minimum absolute atomic E-state index is 0.00191. The highest BCUT2D eigenvalue weighted by atomic mass is 35.5. The molecule has 0 bridgehead atoms. The highest BCUT2D eigenvalue weighted by Gasteiger charge is 2.19. The maximum atomic E-state index is 12.2. The van der Waals surface area contributed by atoms with Crippen LogP contribution in [-0.2, 0) is 0 Å². The van der Waals surface area contributed by atoms with Crippen LogP contribution in [0.1, 0.15) is 47.3 Å². The van der Waals surface area contributed by atoms with Crippen molar-refractivity contribution in [1.29, 1.82) is 0 Å².